The summed E-state index contributed by atoms with van der Waals surface area (Å²) in [5.41, 5.74) is 0. The van der Waals surface area contributed by atoms with Crippen LogP contribution in [0, 0.1) is 0 Å². The summed E-state index contributed by atoms with van der Waals surface area (Å²) in [6.45, 7) is 3.26. The SMILES string of the molecule is O=C=N/C=C\CN1CCCC1. The molecular formula is C8H12N2O. The summed E-state index contributed by atoms with van der Waals surface area (Å²) in [5.74, 6) is 0. The molecule has 11 heavy (non-hydrogen) atoms. The van der Waals surface area contributed by atoms with Crippen LogP contribution in [0.5, 0.6) is 0 Å². The fraction of sp³-hybridized carbons (Fsp3) is 0.625. The number of hydrogen-bond acceptors (Lipinski definition) is 3. The monoisotopic (exact) mass is 152 g/mol. The van der Waals surface area contributed by atoms with Gasteiger partial charge in [0, 0.05) is 12.7 Å². The average molecular weight is 152 g/mol. The van der Waals surface area contributed by atoms with Gasteiger partial charge in [-0.15, -0.1) is 0 Å². The maximum Gasteiger partial charge on any atom is 0.239 e. The van der Waals surface area contributed by atoms with Crippen molar-refractivity contribution in [3.05, 3.63) is 12.3 Å². The van der Waals surface area contributed by atoms with E-state index in [1.807, 2.05) is 6.08 Å². The molecule has 0 spiro atoms. The van der Waals surface area contributed by atoms with Crippen molar-refractivity contribution in [3.63, 3.8) is 0 Å². The molecule has 1 heterocycles. The third kappa shape index (κ3) is 3.12. The predicted octanol–water partition coefficient (Wildman–Crippen LogP) is 0.932. The van der Waals surface area contributed by atoms with Gasteiger partial charge < -0.3 is 0 Å². The third-order valence-corrected chi connectivity index (χ3v) is 1.79. The minimum atomic E-state index is 0.908. The Morgan fingerprint density at radius 3 is 2.82 bits per heavy atom. The molecule has 1 aliphatic rings. The zero-order chi connectivity index (χ0) is 7.94. The molecule has 1 saturated heterocycles. The van der Waals surface area contributed by atoms with Gasteiger partial charge in [-0.1, -0.05) is 6.08 Å². The number of nitrogens with zero attached hydrogens (tertiary/aromatic N) is 2. The van der Waals surface area contributed by atoms with E-state index in [4.69, 9.17) is 0 Å². The lowest BCUT2D eigenvalue weighted by molar-refractivity contribution is 0.377. The Labute approximate surface area is 66.4 Å². The van der Waals surface area contributed by atoms with Crippen LogP contribution in [0.4, 0.5) is 0 Å². The Bertz CT molecular complexity index is 177. The molecule has 0 aromatic rings. The van der Waals surface area contributed by atoms with Crippen molar-refractivity contribution >= 4 is 6.08 Å². The van der Waals surface area contributed by atoms with Gasteiger partial charge in [0.15, 0.2) is 0 Å². The van der Waals surface area contributed by atoms with Gasteiger partial charge in [0.25, 0.3) is 0 Å². The van der Waals surface area contributed by atoms with E-state index in [-0.39, 0.29) is 0 Å². The zero-order valence-electron chi connectivity index (χ0n) is 6.49. The minimum absolute atomic E-state index is 0.908. The number of hydrogen-bond donors (Lipinski definition) is 0. The van der Waals surface area contributed by atoms with E-state index in [1.54, 1.807) is 0 Å². The van der Waals surface area contributed by atoms with Crippen molar-refractivity contribution in [2.24, 2.45) is 4.99 Å². The van der Waals surface area contributed by atoms with Gasteiger partial charge in [0.1, 0.15) is 0 Å². The molecule has 0 bridgehead atoms. The molecule has 0 unspecified atom stereocenters. The van der Waals surface area contributed by atoms with Crippen LogP contribution in [0.15, 0.2) is 17.3 Å². The topological polar surface area (TPSA) is 32.7 Å². The zero-order valence-corrected chi connectivity index (χ0v) is 6.49. The first-order chi connectivity index (χ1) is 5.43. The van der Waals surface area contributed by atoms with Crippen molar-refractivity contribution in [2.45, 2.75) is 12.8 Å². The molecule has 0 aromatic carbocycles. The largest absolute Gasteiger partial charge is 0.300 e. The van der Waals surface area contributed by atoms with Crippen LogP contribution in [0.25, 0.3) is 0 Å². The summed E-state index contributed by atoms with van der Waals surface area (Å²) in [6, 6.07) is 0. The minimum Gasteiger partial charge on any atom is -0.300 e. The lowest BCUT2D eigenvalue weighted by Gasteiger charge is -2.09. The van der Waals surface area contributed by atoms with E-state index in [0.29, 0.717) is 0 Å². The molecule has 60 valence electrons. The van der Waals surface area contributed by atoms with Crippen LogP contribution in [-0.4, -0.2) is 30.6 Å². The number of isocyanates is 1. The maximum absolute atomic E-state index is 9.64. The van der Waals surface area contributed by atoms with Gasteiger partial charge in [-0.2, -0.15) is 4.99 Å². The second kappa shape index (κ2) is 4.83. The fourth-order valence-electron chi connectivity index (χ4n) is 1.24. The molecule has 1 aliphatic heterocycles. The molecule has 1 fully saturated rings. The van der Waals surface area contributed by atoms with Crippen molar-refractivity contribution in [3.8, 4) is 0 Å². The molecule has 0 saturated carbocycles. The van der Waals surface area contributed by atoms with E-state index in [0.717, 1.165) is 6.54 Å². The second-order valence-electron chi connectivity index (χ2n) is 2.61. The molecule has 0 aliphatic carbocycles. The molecule has 0 atom stereocenters. The highest BCUT2D eigenvalue weighted by molar-refractivity contribution is 5.34. The Hall–Kier alpha value is -0.920. The molecule has 1 rings (SSSR count). The summed E-state index contributed by atoms with van der Waals surface area (Å²) >= 11 is 0. The number of carbonyl (C=O) groups excluding carboxylic acids is 1. The third-order valence-electron chi connectivity index (χ3n) is 1.79. The Morgan fingerprint density at radius 1 is 1.45 bits per heavy atom. The predicted molar refractivity (Wildman–Crippen MR) is 42.9 cm³/mol. The lowest BCUT2D eigenvalue weighted by atomic mass is 10.4. The fourth-order valence-corrected chi connectivity index (χ4v) is 1.24. The molecule has 0 amide bonds. The smallest absolute Gasteiger partial charge is 0.239 e. The molecule has 0 aromatic heterocycles. The molecule has 3 nitrogen and oxygen atoms in total. The van der Waals surface area contributed by atoms with Gasteiger partial charge in [-0.3, -0.25) is 4.90 Å². The van der Waals surface area contributed by atoms with Crippen LogP contribution in [0.2, 0.25) is 0 Å². The summed E-state index contributed by atoms with van der Waals surface area (Å²) < 4.78 is 0. The van der Waals surface area contributed by atoms with Crippen molar-refractivity contribution in [1.29, 1.82) is 0 Å². The van der Waals surface area contributed by atoms with E-state index in [9.17, 15) is 4.79 Å². The highest BCUT2D eigenvalue weighted by Crippen LogP contribution is 2.05. The molecular weight excluding hydrogens is 140 g/mol. The Morgan fingerprint density at radius 2 is 2.18 bits per heavy atom. The summed E-state index contributed by atoms with van der Waals surface area (Å²) in [4.78, 5) is 15.3. The first kappa shape index (κ1) is 8.18. The van der Waals surface area contributed by atoms with Crippen LogP contribution in [0.3, 0.4) is 0 Å². The summed E-state index contributed by atoms with van der Waals surface area (Å²) in [6.07, 6.45) is 7.45. The van der Waals surface area contributed by atoms with Gasteiger partial charge in [0.05, 0.1) is 0 Å². The Balaban J connectivity index is 2.15. The lowest BCUT2D eigenvalue weighted by Crippen LogP contribution is -2.18. The van der Waals surface area contributed by atoms with E-state index >= 15 is 0 Å². The number of likely N-dealkylation sites (tertiary alicyclic amines) is 1. The van der Waals surface area contributed by atoms with Gasteiger partial charge in [-0.05, 0) is 25.9 Å². The van der Waals surface area contributed by atoms with Crippen molar-refractivity contribution in [2.75, 3.05) is 19.6 Å². The standard InChI is InChI=1S/C8H12N2O/c11-8-9-4-3-7-10-5-1-2-6-10/h3-4H,1-2,5-7H2/b4-3-. The summed E-state index contributed by atoms with van der Waals surface area (Å²) in [7, 11) is 0. The average Bonchev–Trinajstić information content (AvgIpc) is 2.50. The van der Waals surface area contributed by atoms with Crippen LogP contribution >= 0.6 is 0 Å². The second-order valence-corrected chi connectivity index (χ2v) is 2.61. The normalized spacial score (nSPS) is 18.9. The Kier molecular flexibility index (Phi) is 3.59. The molecule has 0 radical (unpaired) electrons. The molecule has 0 N–H and O–H groups in total. The van der Waals surface area contributed by atoms with Crippen LogP contribution in [-0.2, 0) is 4.79 Å². The van der Waals surface area contributed by atoms with E-state index in [1.165, 1.54) is 38.2 Å². The van der Waals surface area contributed by atoms with E-state index < -0.39 is 0 Å². The van der Waals surface area contributed by atoms with Gasteiger partial charge >= 0.3 is 0 Å². The van der Waals surface area contributed by atoms with E-state index in [2.05, 4.69) is 9.89 Å². The number of rotatable bonds is 3. The van der Waals surface area contributed by atoms with Gasteiger partial charge in [0.2, 0.25) is 6.08 Å². The molecule has 3 heteroatoms. The quantitative estimate of drug-likeness (QED) is 0.445. The first-order valence-electron chi connectivity index (χ1n) is 3.88. The highest BCUT2D eigenvalue weighted by atomic mass is 16.1. The van der Waals surface area contributed by atoms with Crippen molar-refractivity contribution in [1.82, 2.24) is 4.90 Å². The van der Waals surface area contributed by atoms with Crippen LogP contribution in [0.1, 0.15) is 12.8 Å². The first-order valence-corrected chi connectivity index (χ1v) is 3.88. The maximum atomic E-state index is 9.64. The van der Waals surface area contributed by atoms with Crippen molar-refractivity contribution < 1.29 is 4.79 Å². The van der Waals surface area contributed by atoms with Gasteiger partial charge in [-0.25, -0.2) is 4.79 Å². The number of aliphatic imine (C=N–C) groups is 1. The highest BCUT2D eigenvalue weighted by Gasteiger charge is 2.08. The van der Waals surface area contributed by atoms with Crippen LogP contribution < -0.4 is 0 Å². The summed E-state index contributed by atoms with van der Waals surface area (Å²) in [5, 5.41) is 0.